The SMILES string of the molecule is Cc1nnc(C(N)C(C)(C)C)n1C. The number of rotatable bonds is 1. The zero-order chi connectivity index (χ0) is 10.2. The number of aryl methyl sites for hydroxylation is 1. The fraction of sp³-hybridized carbons (Fsp3) is 0.778. The molecule has 0 fully saturated rings. The molecule has 1 heterocycles. The molecule has 4 heteroatoms. The van der Waals surface area contributed by atoms with Crippen LogP contribution in [-0.4, -0.2) is 14.8 Å². The second kappa shape index (κ2) is 3.10. The molecule has 0 bridgehead atoms. The van der Waals surface area contributed by atoms with Crippen LogP contribution >= 0.6 is 0 Å². The van der Waals surface area contributed by atoms with E-state index in [0.717, 1.165) is 11.6 Å². The average molecular weight is 182 g/mol. The monoisotopic (exact) mass is 182 g/mol. The van der Waals surface area contributed by atoms with Crippen LogP contribution in [0.15, 0.2) is 0 Å². The van der Waals surface area contributed by atoms with Gasteiger partial charge in [0.2, 0.25) is 0 Å². The molecule has 2 N–H and O–H groups in total. The van der Waals surface area contributed by atoms with Gasteiger partial charge in [0, 0.05) is 7.05 Å². The minimum Gasteiger partial charge on any atom is -0.321 e. The van der Waals surface area contributed by atoms with E-state index in [1.54, 1.807) is 0 Å². The maximum Gasteiger partial charge on any atom is 0.150 e. The Bertz CT molecular complexity index is 295. The summed E-state index contributed by atoms with van der Waals surface area (Å²) in [5.41, 5.74) is 6.08. The molecule has 0 saturated heterocycles. The lowest BCUT2D eigenvalue weighted by atomic mass is 9.87. The number of hydrogen-bond acceptors (Lipinski definition) is 3. The van der Waals surface area contributed by atoms with E-state index in [0.29, 0.717) is 0 Å². The smallest absolute Gasteiger partial charge is 0.150 e. The second-order valence-electron chi connectivity index (χ2n) is 4.51. The third-order valence-corrected chi connectivity index (χ3v) is 2.34. The fourth-order valence-electron chi connectivity index (χ4n) is 1.08. The molecule has 0 radical (unpaired) electrons. The van der Waals surface area contributed by atoms with E-state index in [1.165, 1.54) is 0 Å². The van der Waals surface area contributed by atoms with Crippen molar-refractivity contribution in [2.24, 2.45) is 18.2 Å². The zero-order valence-electron chi connectivity index (χ0n) is 9.00. The molecule has 1 rings (SSSR count). The van der Waals surface area contributed by atoms with Crippen molar-refractivity contribution in [3.63, 3.8) is 0 Å². The largest absolute Gasteiger partial charge is 0.321 e. The van der Waals surface area contributed by atoms with Crippen molar-refractivity contribution in [2.45, 2.75) is 33.7 Å². The van der Waals surface area contributed by atoms with E-state index >= 15 is 0 Å². The maximum atomic E-state index is 6.06. The van der Waals surface area contributed by atoms with Gasteiger partial charge in [0.05, 0.1) is 6.04 Å². The molecule has 1 atom stereocenters. The Balaban J connectivity index is 3.02. The van der Waals surface area contributed by atoms with Crippen LogP contribution in [0.25, 0.3) is 0 Å². The molecule has 4 nitrogen and oxygen atoms in total. The van der Waals surface area contributed by atoms with Gasteiger partial charge in [-0.3, -0.25) is 0 Å². The number of aromatic nitrogens is 3. The minimum atomic E-state index is -0.0706. The van der Waals surface area contributed by atoms with E-state index in [4.69, 9.17) is 5.73 Å². The van der Waals surface area contributed by atoms with Crippen molar-refractivity contribution in [1.82, 2.24) is 14.8 Å². The summed E-state index contributed by atoms with van der Waals surface area (Å²) < 4.78 is 1.94. The fourth-order valence-corrected chi connectivity index (χ4v) is 1.08. The lowest BCUT2D eigenvalue weighted by Gasteiger charge is -2.25. The third kappa shape index (κ3) is 1.88. The van der Waals surface area contributed by atoms with Crippen LogP contribution in [0.2, 0.25) is 0 Å². The summed E-state index contributed by atoms with van der Waals surface area (Å²) in [6.45, 7) is 8.22. The normalized spacial score (nSPS) is 14.6. The van der Waals surface area contributed by atoms with Crippen LogP contribution < -0.4 is 5.73 Å². The molecule has 0 amide bonds. The van der Waals surface area contributed by atoms with Crippen molar-refractivity contribution in [3.05, 3.63) is 11.6 Å². The highest BCUT2D eigenvalue weighted by Crippen LogP contribution is 2.28. The first-order chi connectivity index (χ1) is 5.84. The average Bonchev–Trinajstić information content (AvgIpc) is 2.30. The highest BCUT2D eigenvalue weighted by molar-refractivity contribution is 5.01. The van der Waals surface area contributed by atoms with E-state index in [2.05, 4.69) is 31.0 Å². The van der Waals surface area contributed by atoms with Crippen LogP contribution in [-0.2, 0) is 7.05 Å². The van der Waals surface area contributed by atoms with Gasteiger partial charge in [-0.2, -0.15) is 0 Å². The molecule has 0 saturated carbocycles. The summed E-state index contributed by atoms with van der Waals surface area (Å²) in [5.74, 6) is 1.75. The molecule has 1 unspecified atom stereocenters. The van der Waals surface area contributed by atoms with Gasteiger partial charge in [0.1, 0.15) is 11.6 Å². The molecule has 0 aromatic carbocycles. The van der Waals surface area contributed by atoms with Crippen molar-refractivity contribution in [1.29, 1.82) is 0 Å². The van der Waals surface area contributed by atoms with Crippen molar-refractivity contribution >= 4 is 0 Å². The van der Waals surface area contributed by atoms with Gasteiger partial charge in [-0.15, -0.1) is 10.2 Å². The van der Waals surface area contributed by atoms with E-state index in [-0.39, 0.29) is 11.5 Å². The molecule has 0 aliphatic carbocycles. The standard InChI is InChI=1S/C9H18N4/c1-6-11-12-8(13(6)5)7(10)9(2,3)4/h7H,10H2,1-5H3. The molecule has 13 heavy (non-hydrogen) atoms. The Morgan fingerprint density at radius 2 is 1.85 bits per heavy atom. The van der Waals surface area contributed by atoms with Gasteiger partial charge in [-0.05, 0) is 12.3 Å². The summed E-state index contributed by atoms with van der Waals surface area (Å²) >= 11 is 0. The molecule has 74 valence electrons. The van der Waals surface area contributed by atoms with Crippen LogP contribution in [0.4, 0.5) is 0 Å². The minimum absolute atomic E-state index is 0.0211. The Labute approximate surface area is 79.2 Å². The molecule has 0 aliphatic heterocycles. The van der Waals surface area contributed by atoms with Crippen LogP contribution in [0.3, 0.4) is 0 Å². The number of nitrogens with two attached hydrogens (primary N) is 1. The zero-order valence-corrected chi connectivity index (χ0v) is 9.00. The number of hydrogen-bond donors (Lipinski definition) is 1. The molecule has 0 spiro atoms. The quantitative estimate of drug-likeness (QED) is 0.709. The van der Waals surface area contributed by atoms with E-state index < -0.39 is 0 Å². The van der Waals surface area contributed by atoms with Crippen LogP contribution in [0.5, 0.6) is 0 Å². The summed E-state index contributed by atoms with van der Waals surface area (Å²) in [5, 5.41) is 8.05. The van der Waals surface area contributed by atoms with Crippen molar-refractivity contribution < 1.29 is 0 Å². The van der Waals surface area contributed by atoms with Gasteiger partial charge < -0.3 is 10.3 Å². The number of nitrogens with zero attached hydrogens (tertiary/aromatic N) is 3. The molecule has 1 aromatic rings. The van der Waals surface area contributed by atoms with Gasteiger partial charge in [0.25, 0.3) is 0 Å². The molecule has 1 aromatic heterocycles. The van der Waals surface area contributed by atoms with Gasteiger partial charge in [-0.25, -0.2) is 0 Å². The molecular weight excluding hydrogens is 164 g/mol. The van der Waals surface area contributed by atoms with Crippen LogP contribution in [0.1, 0.15) is 38.5 Å². The summed E-state index contributed by atoms with van der Waals surface area (Å²) in [4.78, 5) is 0. The lowest BCUT2D eigenvalue weighted by Crippen LogP contribution is -2.29. The molecule has 0 aliphatic rings. The van der Waals surface area contributed by atoms with Crippen LogP contribution in [0, 0.1) is 12.3 Å². The van der Waals surface area contributed by atoms with E-state index in [9.17, 15) is 0 Å². The maximum absolute atomic E-state index is 6.06. The topological polar surface area (TPSA) is 56.7 Å². The predicted octanol–water partition coefficient (Wildman–Crippen LogP) is 1.17. The molecular formula is C9H18N4. The van der Waals surface area contributed by atoms with Gasteiger partial charge in [0.15, 0.2) is 0 Å². The first-order valence-electron chi connectivity index (χ1n) is 4.45. The van der Waals surface area contributed by atoms with Gasteiger partial charge >= 0.3 is 0 Å². The predicted molar refractivity (Wildman–Crippen MR) is 52.1 cm³/mol. The lowest BCUT2D eigenvalue weighted by molar-refractivity contribution is 0.309. The van der Waals surface area contributed by atoms with Gasteiger partial charge in [-0.1, -0.05) is 20.8 Å². The summed E-state index contributed by atoms with van der Waals surface area (Å²) in [6, 6.07) is -0.0706. The van der Waals surface area contributed by atoms with E-state index in [1.807, 2.05) is 18.5 Å². The Morgan fingerprint density at radius 3 is 2.15 bits per heavy atom. The Kier molecular flexibility index (Phi) is 2.43. The van der Waals surface area contributed by atoms with Crippen molar-refractivity contribution in [3.8, 4) is 0 Å². The third-order valence-electron chi connectivity index (χ3n) is 2.34. The Hall–Kier alpha value is -0.900. The highest BCUT2D eigenvalue weighted by Gasteiger charge is 2.26. The Morgan fingerprint density at radius 1 is 1.31 bits per heavy atom. The van der Waals surface area contributed by atoms with Crippen molar-refractivity contribution in [2.75, 3.05) is 0 Å². The first-order valence-corrected chi connectivity index (χ1v) is 4.45. The second-order valence-corrected chi connectivity index (χ2v) is 4.51. The highest BCUT2D eigenvalue weighted by atomic mass is 15.3. The first kappa shape index (κ1) is 10.2. The summed E-state index contributed by atoms with van der Waals surface area (Å²) in [6.07, 6.45) is 0. The summed E-state index contributed by atoms with van der Waals surface area (Å²) in [7, 11) is 1.94.